The molecule has 0 heterocycles. The standard InChI is InChI=1S/C33H41N3O5S/c1-25-11-10-14-27(21-25)23-35(32(37)24-36(42(3,39)40)29-17-19-30(41-2)20-18-29)31(22-26-12-6-4-7-13-26)33(38)34-28-15-8-5-9-16-28/h4,6-7,10-14,17-21,28,31H,5,8-9,15-16,22-24H2,1-3H3,(H,34,38)/t31-/m1/s1. The quantitative estimate of drug-likeness (QED) is 0.325. The highest BCUT2D eigenvalue weighted by Gasteiger charge is 2.34. The fourth-order valence-corrected chi connectivity index (χ4v) is 6.32. The second-order valence-corrected chi connectivity index (χ2v) is 12.9. The molecule has 1 saturated carbocycles. The maximum absolute atomic E-state index is 14.2. The lowest BCUT2D eigenvalue weighted by Crippen LogP contribution is -2.55. The van der Waals surface area contributed by atoms with E-state index in [4.69, 9.17) is 4.74 Å². The molecular formula is C33H41N3O5S. The van der Waals surface area contributed by atoms with Crippen molar-refractivity contribution in [3.8, 4) is 5.75 Å². The third kappa shape index (κ3) is 8.58. The van der Waals surface area contributed by atoms with Gasteiger partial charge in [-0.05, 0) is 55.2 Å². The molecule has 224 valence electrons. The van der Waals surface area contributed by atoms with E-state index in [9.17, 15) is 18.0 Å². The lowest BCUT2D eigenvalue weighted by Gasteiger charge is -2.35. The molecule has 3 aromatic rings. The first-order valence-corrected chi connectivity index (χ1v) is 16.3. The molecular weight excluding hydrogens is 550 g/mol. The predicted octanol–water partition coefficient (Wildman–Crippen LogP) is 4.86. The molecule has 0 aliphatic heterocycles. The van der Waals surface area contributed by atoms with E-state index in [-0.39, 0.29) is 18.5 Å². The lowest BCUT2D eigenvalue weighted by molar-refractivity contribution is -0.140. The Hall–Kier alpha value is -3.85. The average molecular weight is 592 g/mol. The summed E-state index contributed by atoms with van der Waals surface area (Å²) in [7, 11) is -2.30. The number of ether oxygens (including phenoxy) is 1. The predicted molar refractivity (Wildman–Crippen MR) is 166 cm³/mol. The highest BCUT2D eigenvalue weighted by molar-refractivity contribution is 7.92. The van der Waals surface area contributed by atoms with E-state index >= 15 is 0 Å². The van der Waals surface area contributed by atoms with Crippen LogP contribution >= 0.6 is 0 Å². The summed E-state index contributed by atoms with van der Waals surface area (Å²) in [5.74, 6) is -0.110. The molecule has 1 aliphatic carbocycles. The van der Waals surface area contributed by atoms with Crippen molar-refractivity contribution in [2.24, 2.45) is 0 Å². The molecule has 0 spiro atoms. The van der Waals surface area contributed by atoms with E-state index < -0.39 is 28.5 Å². The zero-order valence-corrected chi connectivity index (χ0v) is 25.5. The summed E-state index contributed by atoms with van der Waals surface area (Å²) in [5, 5.41) is 3.22. The Kier molecular flexibility index (Phi) is 10.6. The van der Waals surface area contributed by atoms with Gasteiger partial charge < -0.3 is 15.0 Å². The highest BCUT2D eigenvalue weighted by Crippen LogP contribution is 2.24. The molecule has 0 unspecified atom stereocenters. The Labute approximate surface area is 249 Å². The molecule has 2 amide bonds. The first-order valence-electron chi connectivity index (χ1n) is 14.4. The highest BCUT2D eigenvalue weighted by atomic mass is 32.2. The van der Waals surface area contributed by atoms with Gasteiger partial charge in [0.05, 0.1) is 19.1 Å². The summed E-state index contributed by atoms with van der Waals surface area (Å²) >= 11 is 0. The van der Waals surface area contributed by atoms with Gasteiger partial charge in [-0.1, -0.05) is 79.4 Å². The third-order valence-corrected chi connectivity index (χ3v) is 8.84. The molecule has 42 heavy (non-hydrogen) atoms. The van der Waals surface area contributed by atoms with Crippen molar-refractivity contribution < 1.29 is 22.7 Å². The van der Waals surface area contributed by atoms with Crippen molar-refractivity contribution in [3.05, 3.63) is 95.6 Å². The number of carbonyl (C=O) groups is 2. The monoisotopic (exact) mass is 591 g/mol. The summed E-state index contributed by atoms with van der Waals surface area (Å²) in [6.45, 7) is 1.69. The second-order valence-electron chi connectivity index (χ2n) is 11.0. The van der Waals surface area contributed by atoms with Crippen LogP contribution in [0.5, 0.6) is 5.75 Å². The smallest absolute Gasteiger partial charge is 0.244 e. The van der Waals surface area contributed by atoms with Crippen LogP contribution < -0.4 is 14.4 Å². The van der Waals surface area contributed by atoms with Gasteiger partial charge in [0, 0.05) is 19.0 Å². The van der Waals surface area contributed by atoms with Crippen LogP contribution in [0.15, 0.2) is 78.9 Å². The number of hydrogen-bond acceptors (Lipinski definition) is 5. The molecule has 0 radical (unpaired) electrons. The molecule has 1 aliphatic rings. The van der Waals surface area contributed by atoms with Crippen LogP contribution in [0, 0.1) is 6.92 Å². The van der Waals surface area contributed by atoms with Gasteiger partial charge in [-0.2, -0.15) is 0 Å². The van der Waals surface area contributed by atoms with Crippen molar-refractivity contribution in [1.82, 2.24) is 10.2 Å². The number of benzene rings is 3. The average Bonchev–Trinajstić information content (AvgIpc) is 2.98. The largest absolute Gasteiger partial charge is 0.497 e. The number of carbonyl (C=O) groups excluding carboxylic acids is 2. The first-order chi connectivity index (χ1) is 20.1. The summed E-state index contributed by atoms with van der Waals surface area (Å²) in [5.41, 5.74) is 3.15. The van der Waals surface area contributed by atoms with Crippen LogP contribution in [0.1, 0.15) is 48.8 Å². The Morgan fingerprint density at radius 1 is 0.929 bits per heavy atom. The van der Waals surface area contributed by atoms with Gasteiger partial charge >= 0.3 is 0 Å². The zero-order valence-electron chi connectivity index (χ0n) is 24.7. The van der Waals surface area contributed by atoms with Crippen molar-refractivity contribution >= 4 is 27.5 Å². The molecule has 0 bridgehead atoms. The van der Waals surface area contributed by atoms with Gasteiger partial charge in [0.15, 0.2) is 0 Å². The van der Waals surface area contributed by atoms with Gasteiger partial charge in [0.2, 0.25) is 21.8 Å². The van der Waals surface area contributed by atoms with E-state index in [1.54, 1.807) is 29.2 Å². The SMILES string of the molecule is COc1ccc(N(CC(=O)N(Cc2cccc(C)c2)[C@H](Cc2ccccc2)C(=O)NC2CCCCC2)S(C)(=O)=O)cc1. The van der Waals surface area contributed by atoms with Crippen LogP contribution in [0.3, 0.4) is 0 Å². The van der Waals surface area contributed by atoms with Crippen molar-refractivity contribution in [2.75, 3.05) is 24.2 Å². The number of anilines is 1. The van der Waals surface area contributed by atoms with Gasteiger partial charge in [0.1, 0.15) is 18.3 Å². The Morgan fingerprint density at radius 3 is 2.21 bits per heavy atom. The number of hydrogen-bond donors (Lipinski definition) is 1. The third-order valence-electron chi connectivity index (χ3n) is 7.70. The zero-order chi connectivity index (χ0) is 30.1. The molecule has 1 atom stereocenters. The normalized spacial score (nSPS) is 14.5. The molecule has 1 N–H and O–H groups in total. The van der Waals surface area contributed by atoms with Crippen LogP contribution in [-0.2, 0) is 32.6 Å². The number of methoxy groups -OCH3 is 1. The number of rotatable bonds is 12. The molecule has 0 saturated heterocycles. The van der Waals surface area contributed by atoms with Gasteiger partial charge in [-0.25, -0.2) is 8.42 Å². The second kappa shape index (κ2) is 14.4. The summed E-state index contributed by atoms with van der Waals surface area (Å²) < 4.78 is 32.2. The minimum Gasteiger partial charge on any atom is -0.497 e. The minimum atomic E-state index is -3.83. The summed E-state index contributed by atoms with van der Waals surface area (Å²) in [6.07, 6.45) is 6.48. The van der Waals surface area contributed by atoms with Gasteiger partial charge in [-0.3, -0.25) is 13.9 Å². The van der Waals surface area contributed by atoms with E-state index in [2.05, 4.69) is 5.32 Å². The number of aryl methyl sites for hydroxylation is 1. The van der Waals surface area contributed by atoms with Crippen molar-refractivity contribution in [3.63, 3.8) is 0 Å². The van der Waals surface area contributed by atoms with Crippen LogP contribution in [0.2, 0.25) is 0 Å². The van der Waals surface area contributed by atoms with Crippen LogP contribution in [-0.4, -0.2) is 57.1 Å². The fraction of sp³-hybridized carbons (Fsp3) is 0.394. The Balaban J connectivity index is 1.71. The number of amides is 2. The lowest BCUT2D eigenvalue weighted by atomic mass is 9.94. The fourth-order valence-electron chi connectivity index (χ4n) is 5.47. The molecule has 1 fully saturated rings. The van der Waals surface area contributed by atoms with Crippen LogP contribution in [0.25, 0.3) is 0 Å². The van der Waals surface area contributed by atoms with E-state index in [0.717, 1.165) is 59.4 Å². The number of nitrogens with one attached hydrogen (secondary N) is 1. The van der Waals surface area contributed by atoms with E-state index in [1.165, 1.54) is 7.11 Å². The maximum Gasteiger partial charge on any atom is 0.244 e. The van der Waals surface area contributed by atoms with Crippen molar-refractivity contribution in [2.45, 2.75) is 64.1 Å². The first kappa shape index (κ1) is 31.1. The topological polar surface area (TPSA) is 96.0 Å². The molecule has 8 nitrogen and oxygen atoms in total. The molecule has 0 aromatic heterocycles. The number of nitrogens with zero attached hydrogens (tertiary/aromatic N) is 2. The Bertz CT molecular complexity index is 1440. The van der Waals surface area contributed by atoms with Gasteiger partial charge in [-0.15, -0.1) is 0 Å². The van der Waals surface area contributed by atoms with E-state index in [0.29, 0.717) is 17.9 Å². The minimum absolute atomic E-state index is 0.0623. The van der Waals surface area contributed by atoms with Crippen LogP contribution in [0.4, 0.5) is 5.69 Å². The maximum atomic E-state index is 14.2. The van der Waals surface area contributed by atoms with Crippen molar-refractivity contribution in [1.29, 1.82) is 0 Å². The van der Waals surface area contributed by atoms with Gasteiger partial charge in [0.25, 0.3) is 0 Å². The molecule has 4 rings (SSSR count). The summed E-state index contributed by atoms with van der Waals surface area (Å²) in [6, 6.07) is 23.2. The Morgan fingerprint density at radius 2 is 1.60 bits per heavy atom. The van der Waals surface area contributed by atoms with E-state index in [1.807, 2.05) is 61.5 Å². The molecule has 9 heteroatoms. The molecule has 3 aromatic carbocycles. The number of sulfonamides is 1. The summed E-state index contributed by atoms with van der Waals surface area (Å²) in [4.78, 5) is 29.8.